The molecule has 0 fully saturated rings. The van der Waals surface area contributed by atoms with Crippen molar-refractivity contribution in [3.63, 3.8) is 0 Å². The Hall–Kier alpha value is -2.42. The van der Waals surface area contributed by atoms with Gasteiger partial charge in [0.15, 0.2) is 0 Å². The number of unbranched alkanes of at least 4 members (excludes halogenated alkanes) is 2. The third-order valence-corrected chi connectivity index (χ3v) is 6.75. The Labute approximate surface area is 208 Å². The van der Waals surface area contributed by atoms with Crippen molar-refractivity contribution in [3.05, 3.63) is 107 Å². The maximum absolute atomic E-state index is 2.49. The second kappa shape index (κ2) is 15.5. The van der Waals surface area contributed by atoms with Crippen LogP contribution >= 0.6 is 0 Å². The second-order valence-corrected chi connectivity index (χ2v) is 9.81. The summed E-state index contributed by atoms with van der Waals surface area (Å²) in [5.74, 6) is 0. The van der Waals surface area contributed by atoms with Crippen molar-refractivity contribution in [2.75, 3.05) is 40.3 Å². The maximum Gasteiger partial charge on any atom is 0.00188 e. The third-order valence-electron chi connectivity index (χ3n) is 6.75. The molecule has 0 atom stereocenters. The van der Waals surface area contributed by atoms with Gasteiger partial charge in [-0.3, -0.25) is 0 Å². The topological polar surface area (TPSA) is 6.48 Å². The lowest BCUT2D eigenvalue weighted by molar-refractivity contribution is 0.328. The zero-order valence-electron chi connectivity index (χ0n) is 21.5. The van der Waals surface area contributed by atoms with Gasteiger partial charge in [0, 0.05) is 13.1 Å². The van der Waals surface area contributed by atoms with Crippen LogP contribution in [0.4, 0.5) is 0 Å². The molecule has 0 radical (unpaired) electrons. The van der Waals surface area contributed by atoms with E-state index in [9.17, 15) is 0 Å². The molecule has 0 bridgehead atoms. The normalized spacial score (nSPS) is 11.4. The Kier molecular flexibility index (Phi) is 11.9. The minimum atomic E-state index is 1.14. The molecule has 0 saturated heterocycles. The van der Waals surface area contributed by atoms with Crippen molar-refractivity contribution in [1.82, 2.24) is 9.80 Å². The average Bonchev–Trinajstić information content (AvgIpc) is 2.88. The van der Waals surface area contributed by atoms with E-state index >= 15 is 0 Å². The van der Waals surface area contributed by atoms with E-state index in [0.29, 0.717) is 0 Å². The van der Waals surface area contributed by atoms with E-state index in [1.54, 1.807) is 0 Å². The number of hydrogen-bond acceptors (Lipinski definition) is 2. The van der Waals surface area contributed by atoms with E-state index in [1.807, 2.05) is 0 Å². The zero-order valence-corrected chi connectivity index (χ0v) is 21.5. The van der Waals surface area contributed by atoms with Crippen molar-refractivity contribution >= 4 is 0 Å². The first kappa shape index (κ1) is 26.2. The summed E-state index contributed by atoms with van der Waals surface area (Å²) >= 11 is 0. The summed E-state index contributed by atoms with van der Waals surface area (Å²) in [6.45, 7) is 4.63. The molecular weight excluding hydrogens is 412 g/mol. The number of benzene rings is 3. The smallest absolute Gasteiger partial charge is 0.00188 e. The molecule has 0 saturated carbocycles. The molecule has 0 spiro atoms. The van der Waals surface area contributed by atoms with Gasteiger partial charge < -0.3 is 9.80 Å². The van der Waals surface area contributed by atoms with Crippen LogP contribution in [-0.2, 0) is 25.7 Å². The predicted octanol–water partition coefficient (Wildman–Crippen LogP) is 6.68. The molecule has 2 heteroatoms. The molecule has 0 unspecified atom stereocenters. The van der Waals surface area contributed by atoms with E-state index in [-0.39, 0.29) is 0 Å². The van der Waals surface area contributed by atoms with Gasteiger partial charge >= 0.3 is 0 Å². The molecule has 34 heavy (non-hydrogen) atoms. The summed E-state index contributed by atoms with van der Waals surface area (Å²) in [6.07, 6.45) is 9.73. The van der Waals surface area contributed by atoms with Gasteiger partial charge in [-0.15, -0.1) is 0 Å². The molecule has 0 aliphatic carbocycles. The highest BCUT2D eigenvalue weighted by atomic mass is 15.1. The largest absolute Gasteiger partial charge is 0.306 e. The number of hydrogen-bond donors (Lipinski definition) is 0. The monoisotopic (exact) mass is 456 g/mol. The number of nitrogens with zero attached hydrogens (tertiary/aromatic N) is 2. The van der Waals surface area contributed by atoms with E-state index in [1.165, 1.54) is 73.9 Å². The van der Waals surface area contributed by atoms with E-state index < -0.39 is 0 Å². The summed E-state index contributed by atoms with van der Waals surface area (Å²) in [5.41, 5.74) is 5.86. The number of rotatable bonds is 16. The van der Waals surface area contributed by atoms with Crippen LogP contribution in [0, 0.1) is 0 Å². The Morgan fingerprint density at radius 3 is 1.26 bits per heavy atom. The lowest BCUT2D eigenvalue weighted by Crippen LogP contribution is -2.23. The molecule has 0 heterocycles. The summed E-state index contributed by atoms with van der Waals surface area (Å²) in [5, 5.41) is 0. The van der Waals surface area contributed by atoms with Gasteiger partial charge in [-0.05, 0) is 101 Å². The molecule has 3 aromatic carbocycles. The molecule has 182 valence electrons. The Bertz CT molecular complexity index is 834. The van der Waals surface area contributed by atoms with E-state index in [4.69, 9.17) is 0 Å². The van der Waals surface area contributed by atoms with Crippen LogP contribution < -0.4 is 0 Å². The van der Waals surface area contributed by atoms with Crippen molar-refractivity contribution in [3.8, 4) is 0 Å². The molecule has 3 rings (SSSR count). The standard InChI is InChI=1S/C32H44N2/c1-33(24-11-9-18-29-14-5-3-6-15-29)26-22-31-20-13-21-32(28-31)23-27-34(2)25-12-10-19-30-16-7-4-8-17-30/h3-8,13-17,20-21,28H,9-12,18-19,22-27H2,1-2H3. The van der Waals surface area contributed by atoms with Gasteiger partial charge in [0.25, 0.3) is 0 Å². The average molecular weight is 457 g/mol. The van der Waals surface area contributed by atoms with Crippen LogP contribution in [-0.4, -0.2) is 50.1 Å². The first-order chi connectivity index (χ1) is 16.7. The van der Waals surface area contributed by atoms with E-state index in [2.05, 4.69) is 109 Å². The summed E-state index contributed by atoms with van der Waals surface area (Å²) in [6, 6.07) is 30.9. The summed E-state index contributed by atoms with van der Waals surface area (Å²) < 4.78 is 0. The van der Waals surface area contributed by atoms with Crippen LogP contribution in [0.1, 0.15) is 47.9 Å². The van der Waals surface area contributed by atoms with Crippen LogP contribution in [0.2, 0.25) is 0 Å². The highest BCUT2D eigenvalue weighted by Gasteiger charge is 2.04. The highest BCUT2D eigenvalue weighted by Crippen LogP contribution is 2.10. The first-order valence-corrected chi connectivity index (χ1v) is 13.2. The van der Waals surface area contributed by atoms with Gasteiger partial charge in [0.05, 0.1) is 0 Å². The van der Waals surface area contributed by atoms with Gasteiger partial charge in [0.1, 0.15) is 0 Å². The van der Waals surface area contributed by atoms with Crippen LogP contribution in [0.5, 0.6) is 0 Å². The van der Waals surface area contributed by atoms with Crippen LogP contribution in [0.3, 0.4) is 0 Å². The molecule has 2 nitrogen and oxygen atoms in total. The van der Waals surface area contributed by atoms with Crippen LogP contribution in [0.15, 0.2) is 84.9 Å². The lowest BCUT2D eigenvalue weighted by atomic mass is 10.0. The molecule has 3 aromatic rings. The molecular formula is C32H44N2. The minimum Gasteiger partial charge on any atom is -0.306 e. The zero-order chi connectivity index (χ0) is 23.8. The molecule has 0 aliphatic heterocycles. The van der Waals surface area contributed by atoms with Crippen molar-refractivity contribution in [2.24, 2.45) is 0 Å². The van der Waals surface area contributed by atoms with Gasteiger partial charge in [-0.25, -0.2) is 0 Å². The lowest BCUT2D eigenvalue weighted by Gasteiger charge is -2.18. The van der Waals surface area contributed by atoms with Gasteiger partial charge in [-0.2, -0.15) is 0 Å². The van der Waals surface area contributed by atoms with Gasteiger partial charge in [0.2, 0.25) is 0 Å². The minimum absolute atomic E-state index is 1.14. The fraction of sp³-hybridized carbons (Fsp3) is 0.438. The maximum atomic E-state index is 2.49. The summed E-state index contributed by atoms with van der Waals surface area (Å²) in [4.78, 5) is 4.97. The number of likely N-dealkylation sites (N-methyl/N-ethyl adjacent to an activating group) is 2. The molecule has 0 aromatic heterocycles. The predicted molar refractivity (Wildman–Crippen MR) is 148 cm³/mol. The summed E-state index contributed by atoms with van der Waals surface area (Å²) in [7, 11) is 4.53. The Balaban J connectivity index is 1.27. The van der Waals surface area contributed by atoms with Gasteiger partial charge in [-0.1, -0.05) is 84.9 Å². The fourth-order valence-electron chi connectivity index (χ4n) is 4.52. The Morgan fingerprint density at radius 2 is 0.824 bits per heavy atom. The Morgan fingerprint density at radius 1 is 0.412 bits per heavy atom. The third kappa shape index (κ3) is 10.7. The fourth-order valence-corrected chi connectivity index (χ4v) is 4.52. The molecule has 0 N–H and O–H groups in total. The van der Waals surface area contributed by atoms with Crippen molar-refractivity contribution < 1.29 is 0 Å². The quantitative estimate of drug-likeness (QED) is 0.222. The highest BCUT2D eigenvalue weighted by molar-refractivity contribution is 5.24. The van der Waals surface area contributed by atoms with Crippen molar-refractivity contribution in [1.29, 1.82) is 0 Å². The van der Waals surface area contributed by atoms with E-state index in [0.717, 1.165) is 25.9 Å². The second-order valence-electron chi connectivity index (χ2n) is 9.81. The first-order valence-electron chi connectivity index (χ1n) is 13.2. The molecule has 0 amide bonds. The molecule has 0 aliphatic rings. The van der Waals surface area contributed by atoms with Crippen molar-refractivity contribution in [2.45, 2.75) is 51.4 Å². The number of aryl methyl sites for hydroxylation is 2. The van der Waals surface area contributed by atoms with Crippen LogP contribution in [0.25, 0.3) is 0 Å². The SMILES string of the molecule is CN(CCCCc1ccccc1)CCc1cccc(CCN(C)CCCCc2ccccc2)c1.